The fraction of sp³-hybridized carbons (Fsp3) is 0.158. The zero-order valence-corrected chi connectivity index (χ0v) is 13.9. The zero-order valence-electron chi connectivity index (χ0n) is 13.9. The Kier molecular flexibility index (Phi) is 4.33. The molecule has 0 fully saturated rings. The van der Waals surface area contributed by atoms with Gasteiger partial charge in [-0.1, -0.05) is 18.2 Å². The predicted molar refractivity (Wildman–Crippen MR) is 95.2 cm³/mol. The number of nitrogens with zero attached hydrogens (tertiary/aromatic N) is 3. The molecule has 1 aliphatic heterocycles. The average molecular weight is 321 g/mol. The van der Waals surface area contributed by atoms with Crippen molar-refractivity contribution in [1.29, 1.82) is 0 Å². The molecule has 3 rings (SSSR count). The summed E-state index contributed by atoms with van der Waals surface area (Å²) in [7, 11) is 5.40. The Hall–Kier alpha value is -3.08. The highest BCUT2D eigenvalue weighted by Crippen LogP contribution is 2.27. The molecule has 0 aliphatic carbocycles. The molecule has 0 saturated heterocycles. The Bertz CT molecular complexity index is 793. The lowest BCUT2D eigenvalue weighted by Gasteiger charge is -2.11. The zero-order chi connectivity index (χ0) is 17.1. The van der Waals surface area contributed by atoms with E-state index in [4.69, 9.17) is 4.74 Å². The quantitative estimate of drug-likeness (QED) is 0.814. The lowest BCUT2D eigenvalue weighted by Crippen LogP contribution is -2.22. The van der Waals surface area contributed by atoms with E-state index < -0.39 is 0 Å². The Morgan fingerprint density at radius 2 is 1.71 bits per heavy atom. The molecule has 5 heteroatoms. The van der Waals surface area contributed by atoms with Gasteiger partial charge in [-0.2, -0.15) is 10.1 Å². The van der Waals surface area contributed by atoms with Crippen LogP contribution in [-0.2, 0) is 4.79 Å². The standard InChI is InChI=1S/C19H19N3O2/c1-21(2)13-17-18(14-9-11-16(24-3)12-10-14)20-22(19(17)23)15-7-5-4-6-8-15/h4-13H,1-3H3. The Labute approximate surface area is 141 Å². The monoisotopic (exact) mass is 321 g/mol. The maximum Gasteiger partial charge on any atom is 0.282 e. The topological polar surface area (TPSA) is 45.1 Å². The van der Waals surface area contributed by atoms with Gasteiger partial charge in [-0.15, -0.1) is 0 Å². The number of anilines is 1. The lowest BCUT2D eigenvalue weighted by atomic mass is 10.0. The molecule has 0 unspecified atom stereocenters. The van der Waals surface area contributed by atoms with Crippen molar-refractivity contribution in [3.63, 3.8) is 0 Å². The maximum atomic E-state index is 12.8. The fourth-order valence-electron chi connectivity index (χ4n) is 2.50. The molecule has 0 aromatic heterocycles. The smallest absolute Gasteiger partial charge is 0.282 e. The molecule has 2 aromatic rings. The number of hydrogen-bond donors (Lipinski definition) is 0. The molecule has 5 nitrogen and oxygen atoms in total. The molecular weight excluding hydrogens is 302 g/mol. The summed E-state index contributed by atoms with van der Waals surface area (Å²) in [6.07, 6.45) is 1.80. The van der Waals surface area contributed by atoms with E-state index in [1.165, 1.54) is 5.01 Å². The fourth-order valence-corrected chi connectivity index (χ4v) is 2.50. The van der Waals surface area contributed by atoms with Crippen LogP contribution < -0.4 is 9.75 Å². The third kappa shape index (κ3) is 3.01. The van der Waals surface area contributed by atoms with Gasteiger partial charge in [-0.3, -0.25) is 4.79 Å². The summed E-state index contributed by atoms with van der Waals surface area (Å²) < 4.78 is 5.19. The number of benzene rings is 2. The number of hydrazone groups is 1. The van der Waals surface area contributed by atoms with E-state index in [0.29, 0.717) is 11.3 Å². The molecule has 1 aliphatic rings. The largest absolute Gasteiger partial charge is 0.497 e. The summed E-state index contributed by atoms with van der Waals surface area (Å²) in [4.78, 5) is 14.7. The van der Waals surface area contributed by atoms with Gasteiger partial charge in [0.15, 0.2) is 0 Å². The number of amides is 1. The summed E-state index contributed by atoms with van der Waals surface area (Å²) in [6.45, 7) is 0. The van der Waals surface area contributed by atoms with E-state index in [1.54, 1.807) is 13.3 Å². The summed E-state index contributed by atoms with van der Waals surface area (Å²) in [5, 5.41) is 6.00. The van der Waals surface area contributed by atoms with Crippen LogP contribution in [0, 0.1) is 0 Å². The van der Waals surface area contributed by atoms with Gasteiger partial charge in [0.2, 0.25) is 0 Å². The molecule has 2 aromatic carbocycles. The van der Waals surface area contributed by atoms with Crippen LogP contribution in [0.4, 0.5) is 5.69 Å². The molecule has 122 valence electrons. The van der Waals surface area contributed by atoms with Gasteiger partial charge in [0, 0.05) is 25.9 Å². The third-order valence-electron chi connectivity index (χ3n) is 3.63. The second-order valence-electron chi connectivity index (χ2n) is 5.64. The number of carbonyl (C=O) groups is 1. The molecule has 0 N–H and O–H groups in total. The second kappa shape index (κ2) is 6.58. The molecule has 0 saturated carbocycles. The first kappa shape index (κ1) is 15.8. The van der Waals surface area contributed by atoms with E-state index in [1.807, 2.05) is 73.6 Å². The number of ether oxygens (including phenoxy) is 1. The minimum absolute atomic E-state index is 0.138. The van der Waals surface area contributed by atoms with E-state index in [-0.39, 0.29) is 5.91 Å². The van der Waals surface area contributed by atoms with E-state index in [9.17, 15) is 4.79 Å². The number of methoxy groups -OCH3 is 1. The van der Waals surface area contributed by atoms with Crippen molar-refractivity contribution in [3.05, 3.63) is 71.9 Å². The second-order valence-corrected chi connectivity index (χ2v) is 5.64. The van der Waals surface area contributed by atoms with Gasteiger partial charge in [0.05, 0.1) is 18.4 Å². The van der Waals surface area contributed by atoms with Crippen molar-refractivity contribution >= 4 is 17.3 Å². The van der Waals surface area contributed by atoms with Gasteiger partial charge in [-0.25, -0.2) is 0 Å². The van der Waals surface area contributed by atoms with Crippen LogP contribution in [0.2, 0.25) is 0 Å². The van der Waals surface area contributed by atoms with Crippen molar-refractivity contribution in [2.75, 3.05) is 26.2 Å². The Morgan fingerprint density at radius 1 is 1.04 bits per heavy atom. The Morgan fingerprint density at radius 3 is 2.29 bits per heavy atom. The maximum absolute atomic E-state index is 12.8. The highest BCUT2D eigenvalue weighted by Gasteiger charge is 2.32. The molecule has 24 heavy (non-hydrogen) atoms. The summed E-state index contributed by atoms with van der Waals surface area (Å²) in [5.74, 6) is 0.627. The molecule has 1 amide bonds. The first-order chi connectivity index (χ1) is 11.6. The number of carbonyl (C=O) groups excluding carboxylic acids is 1. The van der Waals surface area contributed by atoms with Crippen LogP contribution in [0.15, 0.2) is 71.5 Å². The summed E-state index contributed by atoms with van der Waals surface area (Å²) in [6, 6.07) is 17.0. The van der Waals surface area contributed by atoms with Crippen molar-refractivity contribution in [3.8, 4) is 5.75 Å². The normalized spacial score (nSPS) is 15.6. The van der Waals surface area contributed by atoms with Gasteiger partial charge >= 0.3 is 0 Å². The number of hydrogen-bond acceptors (Lipinski definition) is 4. The van der Waals surface area contributed by atoms with Crippen molar-refractivity contribution in [2.45, 2.75) is 0 Å². The van der Waals surface area contributed by atoms with Crippen LogP contribution in [0.25, 0.3) is 0 Å². The molecule has 1 heterocycles. The van der Waals surface area contributed by atoms with Crippen LogP contribution in [0.5, 0.6) is 5.75 Å². The first-order valence-electron chi connectivity index (χ1n) is 7.61. The first-order valence-corrected chi connectivity index (χ1v) is 7.61. The number of rotatable bonds is 4. The van der Waals surface area contributed by atoms with Crippen LogP contribution in [-0.4, -0.2) is 37.7 Å². The van der Waals surface area contributed by atoms with Gasteiger partial charge < -0.3 is 9.64 Å². The lowest BCUT2D eigenvalue weighted by molar-refractivity contribution is -0.114. The van der Waals surface area contributed by atoms with Crippen LogP contribution in [0.3, 0.4) is 0 Å². The van der Waals surface area contributed by atoms with Crippen molar-refractivity contribution in [1.82, 2.24) is 4.90 Å². The highest BCUT2D eigenvalue weighted by atomic mass is 16.5. The van der Waals surface area contributed by atoms with Crippen molar-refractivity contribution in [2.24, 2.45) is 5.10 Å². The summed E-state index contributed by atoms with van der Waals surface area (Å²) in [5.41, 5.74) is 2.83. The number of para-hydroxylation sites is 1. The highest BCUT2D eigenvalue weighted by molar-refractivity contribution is 6.35. The van der Waals surface area contributed by atoms with Crippen LogP contribution >= 0.6 is 0 Å². The molecule has 0 radical (unpaired) electrons. The van der Waals surface area contributed by atoms with Gasteiger partial charge in [0.25, 0.3) is 5.91 Å². The van der Waals surface area contributed by atoms with Gasteiger partial charge in [-0.05, 0) is 36.4 Å². The van der Waals surface area contributed by atoms with E-state index in [0.717, 1.165) is 17.0 Å². The molecule has 0 spiro atoms. The van der Waals surface area contributed by atoms with Gasteiger partial charge in [0.1, 0.15) is 11.5 Å². The van der Waals surface area contributed by atoms with E-state index in [2.05, 4.69) is 5.10 Å². The molecule has 0 bridgehead atoms. The Balaban J connectivity index is 2.06. The minimum Gasteiger partial charge on any atom is -0.497 e. The summed E-state index contributed by atoms with van der Waals surface area (Å²) >= 11 is 0. The van der Waals surface area contributed by atoms with Crippen molar-refractivity contribution < 1.29 is 9.53 Å². The molecular formula is C19H19N3O2. The third-order valence-corrected chi connectivity index (χ3v) is 3.63. The van der Waals surface area contributed by atoms with E-state index >= 15 is 0 Å². The van der Waals surface area contributed by atoms with Crippen LogP contribution in [0.1, 0.15) is 5.56 Å². The average Bonchev–Trinajstić information content (AvgIpc) is 2.92. The predicted octanol–water partition coefficient (Wildman–Crippen LogP) is 2.89. The molecule has 0 atom stereocenters. The SMILES string of the molecule is COc1ccc(C2=NN(c3ccccc3)C(=O)C2=CN(C)C)cc1. The minimum atomic E-state index is -0.138.